The maximum Gasteiger partial charge on any atom is 0.222 e. The highest BCUT2D eigenvalue weighted by Gasteiger charge is 2.22. The van der Waals surface area contributed by atoms with E-state index in [4.69, 9.17) is 0 Å². The first kappa shape index (κ1) is 15.7. The SMILES string of the molecule is Cn1ncc2c(NCCN3CCCC3=O)nc(C(C)(C)C)nc21. The number of likely N-dealkylation sites (tertiary alicyclic amines) is 1. The van der Waals surface area contributed by atoms with E-state index < -0.39 is 0 Å². The summed E-state index contributed by atoms with van der Waals surface area (Å²) in [5.41, 5.74) is 0.685. The summed E-state index contributed by atoms with van der Waals surface area (Å²) < 4.78 is 1.77. The van der Waals surface area contributed by atoms with Crippen molar-refractivity contribution in [1.82, 2.24) is 24.6 Å². The molecule has 1 amide bonds. The second-order valence-electron chi connectivity index (χ2n) is 7.06. The predicted molar refractivity (Wildman–Crippen MR) is 89.3 cm³/mol. The Morgan fingerprint density at radius 3 is 2.74 bits per heavy atom. The number of carbonyl (C=O) groups excluding carboxylic acids is 1. The maximum absolute atomic E-state index is 11.7. The molecule has 0 atom stereocenters. The summed E-state index contributed by atoms with van der Waals surface area (Å²) in [5.74, 6) is 1.82. The highest BCUT2D eigenvalue weighted by molar-refractivity contribution is 5.86. The fraction of sp³-hybridized carbons (Fsp3) is 0.625. The smallest absolute Gasteiger partial charge is 0.222 e. The molecule has 0 saturated carbocycles. The van der Waals surface area contributed by atoms with Crippen molar-refractivity contribution in [3.63, 3.8) is 0 Å². The van der Waals surface area contributed by atoms with Crippen molar-refractivity contribution < 1.29 is 4.79 Å². The van der Waals surface area contributed by atoms with E-state index >= 15 is 0 Å². The van der Waals surface area contributed by atoms with Gasteiger partial charge in [-0.1, -0.05) is 20.8 Å². The van der Waals surface area contributed by atoms with E-state index in [9.17, 15) is 4.79 Å². The average Bonchev–Trinajstić information content (AvgIpc) is 3.05. The number of hydrogen-bond acceptors (Lipinski definition) is 5. The van der Waals surface area contributed by atoms with E-state index in [1.165, 1.54) is 0 Å². The van der Waals surface area contributed by atoms with Gasteiger partial charge < -0.3 is 10.2 Å². The molecule has 1 saturated heterocycles. The van der Waals surface area contributed by atoms with E-state index in [1.54, 1.807) is 10.9 Å². The fourth-order valence-electron chi connectivity index (χ4n) is 2.74. The molecule has 3 rings (SSSR count). The number of rotatable bonds is 4. The third-order valence-corrected chi connectivity index (χ3v) is 4.11. The van der Waals surface area contributed by atoms with Crippen molar-refractivity contribution in [3.05, 3.63) is 12.0 Å². The standard InChI is InChI=1S/C16H24N6O/c1-16(2,3)15-19-13(11-10-18-21(4)14(11)20-15)17-7-9-22-8-5-6-12(22)23/h10H,5-9H2,1-4H3,(H,17,19,20). The lowest BCUT2D eigenvalue weighted by Crippen LogP contribution is -2.30. The van der Waals surface area contributed by atoms with Gasteiger partial charge in [0.15, 0.2) is 5.65 Å². The van der Waals surface area contributed by atoms with Crippen molar-refractivity contribution in [2.24, 2.45) is 7.05 Å². The van der Waals surface area contributed by atoms with E-state index in [-0.39, 0.29) is 11.3 Å². The van der Waals surface area contributed by atoms with Crippen LogP contribution in [-0.2, 0) is 17.3 Å². The zero-order valence-corrected chi connectivity index (χ0v) is 14.3. The summed E-state index contributed by atoms with van der Waals surface area (Å²) in [6.45, 7) is 8.53. The van der Waals surface area contributed by atoms with Gasteiger partial charge >= 0.3 is 0 Å². The van der Waals surface area contributed by atoms with Crippen molar-refractivity contribution in [1.29, 1.82) is 0 Å². The summed E-state index contributed by atoms with van der Waals surface area (Å²) >= 11 is 0. The van der Waals surface area contributed by atoms with Crippen molar-refractivity contribution >= 4 is 22.8 Å². The Morgan fingerprint density at radius 2 is 2.09 bits per heavy atom. The largest absolute Gasteiger partial charge is 0.368 e. The lowest BCUT2D eigenvalue weighted by atomic mass is 9.95. The summed E-state index contributed by atoms with van der Waals surface area (Å²) in [6, 6.07) is 0. The number of nitrogens with zero attached hydrogens (tertiary/aromatic N) is 5. The minimum absolute atomic E-state index is 0.139. The van der Waals surface area contributed by atoms with Crippen LogP contribution in [0.2, 0.25) is 0 Å². The van der Waals surface area contributed by atoms with Gasteiger partial charge in [0.1, 0.15) is 11.6 Å². The van der Waals surface area contributed by atoms with Crippen LogP contribution in [0.25, 0.3) is 11.0 Å². The molecule has 0 radical (unpaired) electrons. The summed E-state index contributed by atoms with van der Waals surface area (Å²) in [5, 5.41) is 8.56. The van der Waals surface area contributed by atoms with Gasteiger partial charge in [-0.05, 0) is 6.42 Å². The van der Waals surface area contributed by atoms with Gasteiger partial charge in [0.2, 0.25) is 5.91 Å². The number of carbonyl (C=O) groups is 1. The third-order valence-electron chi connectivity index (χ3n) is 4.11. The van der Waals surface area contributed by atoms with Crippen LogP contribution in [-0.4, -0.2) is 50.2 Å². The number of amides is 1. The lowest BCUT2D eigenvalue weighted by Gasteiger charge is -2.19. The lowest BCUT2D eigenvalue weighted by molar-refractivity contribution is -0.127. The first-order chi connectivity index (χ1) is 10.9. The van der Waals surface area contributed by atoms with Gasteiger partial charge in [-0.25, -0.2) is 9.97 Å². The zero-order valence-electron chi connectivity index (χ0n) is 14.3. The number of hydrogen-bond donors (Lipinski definition) is 1. The predicted octanol–water partition coefficient (Wildman–Crippen LogP) is 1.70. The number of fused-ring (bicyclic) bond motifs is 1. The average molecular weight is 316 g/mol. The number of nitrogens with one attached hydrogen (secondary N) is 1. The van der Waals surface area contributed by atoms with Crippen molar-refractivity contribution in [2.45, 2.75) is 39.0 Å². The maximum atomic E-state index is 11.7. The normalized spacial score (nSPS) is 15.7. The molecule has 124 valence electrons. The van der Waals surface area contributed by atoms with Gasteiger partial charge in [-0.2, -0.15) is 5.10 Å². The Balaban J connectivity index is 1.82. The van der Waals surface area contributed by atoms with Crippen LogP contribution in [0.1, 0.15) is 39.4 Å². The molecule has 1 aliphatic heterocycles. The highest BCUT2D eigenvalue weighted by Crippen LogP contribution is 2.25. The quantitative estimate of drug-likeness (QED) is 0.929. The second-order valence-corrected chi connectivity index (χ2v) is 7.06. The minimum atomic E-state index is -0.139. The molecule has 2 aromatic heterocycles. The monoisotopic (exact) mass is 316 g/mol. The van der Waals surface area contributed by atoms with E-state index in [1.807, 2.05) is 11.9 Å². The van der Waals surface area contributed by atoms with Crippen molar-refractivity contribution in [3.8, 4) is 0 Å². The molecule has 0 aromatic carbocycles. The molecule has 0 spiro atoms. The molecule has 1 aliphatic rings. The first-order valence-corrected chi connectivity index (χ1v) is 8.08. The zero-order chi connectivity index (χ0) is 16.6. The molecule has 2 aromatic rings. The number of anilines is 1. The Morgan fingerprint density at radius 1 is 1.30 bits per heavy atom. The van der Waals surface area contributed by atoms with Gasteiger partial charge in [-0.15, -0.1) is 0 Å². The van der Waals surface area contributed by atoms with E-state index in [0.717, 1.165) is 35.6 Å². The molecule has 0 bridgehead atoms. The molecular weight excluding hydrogens is 292 g/mol. The molecule has 23 heavy (non-hydrogen) atoms. The summed E-state index contributed by atoms with van der Waals surface area (Å²) in [7, 11) is 1.88. The molecule has 7 nitrogen and oxygen atoms in total. The van der Waals surface area contributed by atoms with Crippen LogP contribution in [0, 0.1) is 0 Å². The van der Waals surface area contributed by atoms with Gasteiger partial charge in [-0.3, -0.25) is 9.48 Å². The number of aromatic nitrogens is 4. The van der Waals surface area contributed by atoms with Crippen LogP contribution < -0.4 is 5.32 Å². The fourth-order valence-corrected chi connectivity index (χ4v) is 2.74. The topological polar surface area (TPSA) is 75.9 Å². The minimum Gasteiger partial charge on any atom is -0.368 e. The van der Waals surface area contributed by atoms with Crippen LogP contribution in [0.5, 0.6) is 0 Å². The van der Waals surface area contributed by atoms with Gasteiger partial charge in [0.25, 0.3) is 0 Å². The first-order valence-electron chi connectivity index (χ1n) is 8.08. The Bertz CT molecular complexity index is 730. The second kappa shape index (κ2) is 5.79. The Kier molecular flexibility index (Phi) is 3.95. The Hall–Kier alpha value is -2.18. The molecular formula is C16H24N6O. The molecule has 1 fully saturated rings. The van der Waals surface area contributed by atoms with Crippen LogP contribution in [0.3, 0.4) is 0 Å². The molecule has 3 heterocycles. The van der Waals surface area contributed by atoms with Crippen LogP contribution >= 0.6 is 0 Å². The third kappa shape index (κ3) is 3.13. The molecule has 7 heteroatoms. The molecule has 1 N–H and O–H groups in total. The van der Waals surface area contributed by atoms with Gasteiger partial charge in [0.05, 0.1) is 11.6 Å². The Labute approximate surface area is 136 Å². The molecule has 0 aliphatic carbocycles. The van der Waals surface area contributed by atoms with E-state index in [0.29, 0.717) is 19.5 Å². The van der Waals surface area contributed by atoms with E-state index in [2.05, 4.69) is 41.2 Å². The molecule has 0 unspecified atom stereocenters. The summed E-state index contributed by atoms with van der Waals surface area (Å²) in [4.78, 5) is 22.9. The summed E-state index contributed by atoms with van der Waals surface area (Å²) in [6.07, 6.45) is 3.42. The number of aryl methyl sites for hydroxylation is 1. The van der Waals surface area contributed by atoms with Crippen LogP contribution in [0.4, 0.5) is 5.82 Å². The van der Waals surface area contributed by atoms with Crippen LogP contribution in [0.15, 0.2) is 6.20 Å². The van der Waals surface area contributed by atoms with Crippen molar-refractivity contribution in [2.75, 3.05) is 25.0 Å². The van der Waals surface area contributed by atoms with Gasteiger partial charge in [0, 0.05) is 38.5 Å². The highest BCUT2D eigenvalue weighted by atomic mass is 16.2.